The van der Waals surface area contributed by atoms with Crippen LogP contribution in [0.5, 0.6) is 0 Å². The van der Waals surface area contributed by atoms with Crippen molar-refractivity contribution in [3.8, 4) is 22.3 Å². The molecular formula is C35H39N. The Bertz CT molecular complexity index is 1410. The van der Waals surface area contributed by atoms with Crippen LogP contribution in [0.3, 0.4) is 0 Å². The van der Waals surface area contributed by atoms with E-state index in [0.717, 1.165) is 0 Å². The molecule has 0 aliphatic heterocycles. The van der Waals surface area contributed by atoms with Crippen LogP contribution >= 0.6 is 0 Å². The van der Waals surface area contributed by atoms with Gasteiger partial charge in [-0.1, -0.05) is 101 Å². The predicted molar refractivity (Wildman–Crippen MR) is 156 cm³/mol. The second-order valence-corrected chi connectivity index (χ2v) is 12.8. The summed E-state index contributed by atoms with van der Waals surface area (Å²) in [6.45, 7) is 18.7. The summed E-state index contributed by atoms with van der Waals surface area (Å²) < 4.78 is 0. The highest BCUT2D eigenvalue weighted by Crippen LogP contribution is 2.53. The van der Waals surface area contributed by atoms with Crippen LogP contribution in [0, 0.1) is 0 Å². The molecule has 0 N–H and O–H groups in total. The van der Waals surface area contributed by atoms with Gasteiger partial charge in [0, 0.05) is 22.3 Å². The second-order valence-electron chi connectivity index (χ2n) is 12.8. The number of anilines is 2. The molecule has 184 valence electrons. The predicted octanol–water partition coefficient (Wildman–Crippen LogP) is 9.89. The van der Waals surface area contributed by atoms with Gasteiger partial charge in [-0.25, -0.2) is 0 Å². The Balaban J connectivity index is 1.77. The summed E-state index contributed by atoms with van der Waals surface area (Å²) in [5.74, 6) is 0. The SMILES string of the molecule is CC(C)(C)c1cc2c(cc1N(c1cccc(-c3ccccc3)c1)C(C)(C)C)C(C)(C)c1ccccc1-2. The lowest BCUT2D eigenvalue weighted by molar-refractivity contribution is 0.542. The van der Waals surface area contributed by atoms with E-state index in [4.69, 9.17) is 0 Å². The maximum Gasteiger partial charge on any atom is 0.0457 e. The lowest BCUT2D eigenvalue weighted by Crippen LogP contribution is -2.39. The minimum Gasteiger partial charge on any atom is -0.336 e. The van der Waals surface area contributed by atoms with E-state index >= 15 is 0 Å². The first kappa shape index (κ1) is 24.4. The van der Waals surface area contributed by atoms with Crippen LogP contribution in [0.15, 0.2) is 91.0 Å². The lowest BCUT2D eigenvalue weighted by Gasteiger charge is -2.42. The summed E-state index contributed by atoms with van der Waals surface area (Å²) in [5.41, 5.74) is 11.8. The molecule has 0 amide bonds. The number of nitrogens with zero attached hydrogens (tertiary/aromatic N) is 1. The molecule has 0 radical (unpaired) electrons. The highest BCUT2D eigenvalue weighted by molar-refractivity contribution is 5.86. The van der Waals surface area contributed by atoms with Gasteiger partial charge in [-0.15, -0.1) is 0 Å². The van der Waals surface area contributed by atoms with E-state index in [9.17, 15) is 0 Å². The molecular weight excluding hydrogens is 434 g/mol. The van der Waals surface area contributed by atoms with Crippen molar-refractivity contribution in [1.82, 2.24) is 0 Å². The van der Waals surface area contributed by atoms with Crippen LogP contribution in [-0.2, 0) is 10.8 Å². The number of rotatable bonds is 3. The van der Waals surface area contributed by atoms with Crippen molar-refractivity contribution in [2.24, 2.45) is 0 Å². The monoisotopic (exact) mass is 473 g/mol. The summed E-state index contributed by atoms with van der Waals surface area (Å²) >= 11 is 0. The summed E-state index contributed by atoms with van der Waals surface area (Å²) in [4.78, 5) is 2.55. The molecule has 0 bridgehead atoms. The van der Waals surface area contributed by atoms with E-state index in [0.29, 0.717) is 0 Å². The Kier molecular flexibility index (Phi) is 5.67. The first-order valence-electron chi connectivity index (χ1n) is 13.1. The normalized spacial score (nSPS) is 14.3. The van der Waals surface area contributed by atoms with E-state index in [2.05, 4.69) is 151 Å². The van der Waals surface area contributed by atoms with E-state index in [-0.39, 0.29) is 16.4 Å². The first-order chi connectivity index (χ1) is 16.9. The Labute approximate surface area is 217 Å². The topological polar surface area (TPSA) is 3.24 Å². The average molecular weight is 474 g/mol. The molecule has 4 aromatic rings. The summed E-state index contributed by atoms with van der Waals surface area (Å²) in [6, 6.07) is 33.6. The van der Waals surface area contributed by atoms with E-state index in [1.165, 1.54) is 50.3 Å². The highest BCUT2D eigenvalue weighted by Gasteiger charge is 2.39. The molecule has 1 nitrogen and oxygen atoms in total. The Morgan fingerprint density at radius 3 is 1.89 bits per heavy atom. The van der Waals surface area contributed by atoms with Crippen LogP contribution in [-0.4, -0.2) is 5.54 Å². The third-order valence-corrected chi connectivity index (χ3v) is 7.63. The van der Waals surface area contributed by atoms with Crippen LogP contribution in [0.25, 0.3) is 22.3 Å². The van der Waals surface area contributed by atoms with Crippen molar-refractivity contribution in [2.75, 3.05) is 4.90 Å². The van der Waals surface area contributed by atoms with Gasteiger partial charge in [-0.2, -0.15) is 0 Å². The quantitative estimate of drug-likeness (QED) is 0.286. The molecule has 0 unspecified atom stereocenters. The zero-order chi connectivity index (χ0) is 25.9. The van der Waals surface area contributed by atoms with Gasteiger partial charge < -0.3 is 4.90 Å². The van der Waals surface area contributed by atoms with Gasteiger partial charge in [-0.3, -0.25) is 0 Å². The van der Waals surface area contributed by atoms with Crippen LogP contribution < -0.4 is 4.90 Å². The molecule has 5 rings (SSSR count). The van der Waals surface area contributed by atoms with Crippen LogP contribution in [0.2, 0.25) is 0 Å². The van der Waals surface area contributed by atoms with Gasteiger partial charge in [0.2, 0.25) is 0 Å². The summed E-state index contributed by atoms with van der Waals surface area (Å²) in [7, 11) is 0. The number of hydrogen-bond acceptors (Lipinski definition) is 1. The minimum atomic E-state index is -0.112. The fourth-order valence-electron chi connectivity index (χ4n) is 5.86. The molecule has 36 heavy (non-hydrogen) atoms. The fraction of sp³-hybridized carbons (Fsp3) is 0.314. The third kappa shape index (κ3) is 4.05. The molecule has 0 aromatic heterocycles. The Morgan fingerprint density at radius 2 is 1.22 bits per heavy atom. The standard InChI is InChI=1S/C35H39N/c1-33(2,3)31-22-28-27-19-12-13-20-29(27)35(7,8)30(28)23-32(31)36(34(4,5)6)26-18-14-17-25(21-26)24-15-10-9-11-16-24/h9-23H,1-8H3. The van der Waals surface area contributed by atoms with Gasteiger partial charge in [0.1, 0.15) is 0 Å². The molecule has 0 saturated carbocycles. The van der Waals surface area contributed by atoms with Gasteiger partial charge in [0.25, 0.3) is 0 Å². The van der Waals surface area contributed by atoms with Gasteiger partial charge in [0.05, 0.1) is 0 Å². The minimum absolute atomic E-state index is 0.00736. The van der Waals surface area contributed by atoms with Crippen molar-refractivity contribution in [3.05, 3.63) is 108 Å². The molecule has 1 aliphatic carbocycles. The molecule has 0 atom stereocenters. The number of hydrogen-bond donors (Lipinski definition) is 0. The zero-order valence-electron chi connectivity index (χ0n) is 23.1. The third-order valence-electron chi connectivity index (χ3n) is 7.63. The maximum atomic E-state index is 2.55. The molecule has 0 saturated heterocycles. The van der Waals surface area contributed by atoms with Crippen molar-refractivity contribution in [2.45, 2.75) is 71.8 Å². The van der Waals surface area contributed by atoms with Crippen molar-refractivity contribution >= 4 is 11.4 Å². The molecule has 1 aliphatic rings. The second kappa shape index (κ2) is 8.37. The number of benzene rings is 4. The summed E-state index contributed by atoms with van der Waals surface area (Å²) in [6.07, 6.45) is 0. The zero-order valence-corrected chi connectivity index (χ0v) is 23.1. The van der Waals surface area contributed by atoms with E-state index in [1.54, 1.807) is 0 Å². The van der Waals surface area contributed by atoms with E-state index < -0.39 is 0 Å². The highest BCUT2D eigenvalue weighted by atomic mass is 15.2. The largest absolute Gasteiger partial charge is 0.336 e. The van der Waals surface area contributed by atoms with Crippen LogP contribution in [0.4, 0.5) is 11.4 Å². The first-order valence-corrected chi connectivity index (χ1v) is 13.1. The van der Waals surface area contributed by atoms with Gasteiger partial charge in [-0.05, 0) is 89.4 Å². The number of fused-ring (bicyclic) bond motifs is 3. The van der Waals surface area contributed by atoms with Crippen LogP contribution in [0.1, 0.15) is 72.1 Å². The van der Waals surface area contributed by atoms with Crippen molar-refractivity contribution < 1.29 is 0 Å². The van der Waals surface area contributed by atoms with Crippen molar-refractivity contribution in [3.63, 3.8) is 0 Å². The fourth-order valence-corrected chi connectivity index (χ4v) is 5.86. The smallest absolute Gasteiger partial charge is 0.0457 e. The Hall–Kier alpha value is -3.32. The van der Waals surface area contributed by atoms with Crippen molar-refractivity contribution in [1.29, 1.82) is 0 Å². The van der Waals surface area contributed by atoms with E-state index in [1.807, 2.05) is 0 Å². The lowest BCUT2D eigenvalue weighted by atomic mass is 9.78. The average Bonchev–Trinajstić information content (AvgIpc) is 3.05. The van der Waals surface area contributed by atoms with Gasteiger partial charge >= 0.3 is 0 Å². The molecule has 4 aromatic carbocycles. The maximum absolute atomic E-state index is 2.55. The summed E-state index contributed by atoms with van der Waals surface area (Å²) in [5, 5.41) is 0. The molecule has 0 fully saturated rings. The van der Waals surface area contributed by atoms with Gasteiger partial charge in [0.15, 0.2) is 0 Å². The molecule has 0 spiro atoms. The molecule has 1 heteroatoms. The Morgan fingerprint density at radius 1 is 0.583 bits per heavy atom. The molecule has 0 heterocycles.